The minimum atomic E-state index is -0.973. The van der Waals surface area contributed by atoms with Gasteiger partial charge >= 0.3 is 12.0 Å². The molecular formula is C12H24N2O3. The van der Waals surface area contributed by atoms with E-state index in [2.05, 4.69) is 5.32 Å². The number of nitrogens with one attached hydrogen (secondary N) is 1. The Labute approximate surface area is 103 Å². The van der Waals surface area contributed by atoms with Gasteiger partial charge in [-0.05, 0) is 25.7 Å². The third-order valence-corrected chi connectivity index (χ3v) is 2.47. The quantitative estimate of drug-likeness (QED) is 0.719. The smallest absolute Gasteiger partial charge is 0.326 e. The number of nitrogens with zero attached hydrogens (tertiary/aromatic N) is 1. The van der Waals surface area contributed by atoms with Crippen LogP contribution in [0.2, 0.25) is 0 Å². The first-order chi connectivity index (χ1) is 7.92. The number of hydrogen-bond donors (Lipinski definition) is 2. The van der Waals surface area contributed by atoms with Crippen LogP contribution in [0.3, 0.4) is 0 Å². The number of urea groups is 1. The number of carbonyl (C=O) groups is 2. The lowest BCUT2D eigenvalue weighted by Gasteiger charge is -2.24. The third kappa shape index (κ3) is 6.14. The molecular weight excluding hydrogens is 220 g/mol. The molecule has 0 aliphatic heterocycles. The van der Waals surface area contributed by atoms with E-state index in [1.807, 2.05) is 27.7 Å². The molecule has 0 fully saturated rings. The SMILES string of the molecule is CCCN(CC)C(=O)NC(CC(C)C)C(=O)O. The molecule has 0 rings (SSSR count). The van der Waals surface area contributed by atoms with Crippen molar-refractivity contribution in [2.75, 3.05) is 13.1 Å². The minimum absolute atomic E-state index is 0.234. The summed E-state index contributed by atoms with van der Waals surface area (Å²) in [6.07, 6.45) is 1.31. The van der Waals surface area contributed by atoms with E-state index in [0.29, 0.717) is 19.5 Å². The van der Waals surface area contributed by atoms with Crippen molar-refractivity contribution in [3.05, 3.63) is 0 Å². The second-order valence-corrected chi connectivity index (χ2v) is 4.55. The zero-order valence-corrected chi connectivity index (χ0v) is 11.2. The Hall–Kier alpha value is -1.26. The second-order valence-electron chi connectivity index (χ2n) is 4.55. The highest BCUT2D eigenvalue weighted by atomic mass is 16.4. The van der Waals surface area contributed by atoms with E-state index < -0.39 is 12.0 Å². The average molecular weight is 244 g/mol. The van der Waals surface area contributed by atoms with Gasteiger partial charge in [0.2, 0.25) is 0 Å². The molecule has 100 valence electrons. The normalized spacial score (nSPS) is 12.3. The fourth-order valence-corrected chi connectivity index (χ4v) is 1.61. The van der Waals surface area contributed by atoms with Crippen LogP contribution in [0, 0.1) is 5.92 Å². The standard InChI is InChI=1S/C12H24N2O3/c1-5-7-14(6-2)12(17)13-10(11(15)16)8-9(3)4/h9-10H,5-8H2,1-4H3,(H,13,17)(H,15,16). The first kappa shape index (κ1) is 15.7. The molecule has 0 spiro atoms. The van der Waals surface area contributed by atoms with Gasteiger partial charge in [0.25, 0.3) is 0 Å². The first-order valence-electron chi connectivity index (χ1n) is 6.20. The van der Waals surface area contributed by atoms with Gasteiger partial charge in [0.1, 0.15) is 6.04 Å². The number of carboxylic acid groups (broad SMARTS) is 1. The summed E-state index contributed by atoms with van der Waals surface area (Å²) in [5, 5.41) is 11.6. The van der Waals surface area contributed by atoms with Crippen LogP contribution in [-0.2, 0) is 4.79 Å². The van der Waals surface area contributed by atoms with Crippen molar-refractivity contribution in [1.29, 1.82) is 0 Å². The van der Waals surface area contributed by atoms with Gasteiger partial charge in [-0.15, -0.1) is 0 Å². The number of rotatable bonds is 7. The topological polar surface area (TPSA) is 69.6 Å². The van der Waals surface area contributed by atoms with E-state index >= 15 is 0 Å². The van der Waals surface area contributed by atoms with E-state index in [9.17, 15) is 9.59 Å². The maximum atomic E-state index is 11.8. The van der Waals surface area contributed by atoms with Gasteiger partial charge in [-0.1, -0.05) is 20.8 Å². The second kappa shape index (κ2) is 7.92. The lowest BCUT2D eigenvalue weighted by atomic mass is 10.0. The zero-order chi connectivity index (χ0) is 13.4. The Kier molecular flexibility index (Phi) is 7.34. The molecule has 2 N–H and O–H groups in total. The van der Waals surface area contributed by atoms with Crippen molar-refractivity contribution >= 4 is 12.0 Å². The molecule has 0 aliphatic carbocycles. The van der Waals surface area contributed by atoms with Gasteiger partial charge in [0.15, 0.2) is 0 Å². The highest BCUT2D eigenvalue weighted by molar-refractivity contribution is 5.82. The van der Waals surface area contributed by atoms with E-state index in [1.54, 1.807) is 4.90 Å². The summed E-state index contributed by atoms with van der Waals surface area (Å²) in [5.41, 5.74) is 0. The molecule has 5 nitrogen and oxygen atoms in total. The van der Waals surface area contributed by atoms with Crippen LogP contribution in [0.1, 0.15) is 40.5 Å². The fraction of sp³-hybridized carbons (Fsp3) is 0.833. The van der Waals surface area contributed by atoms with Gasteiger partial charge < -0.3 is 15.3 Å². The highest BCUT2D eigenvalue weighted by Gasteiger charge is 2.22. The number of aliphatic carboxylic acids is 1. The Morgan fingerprint density at radius 2 is 1.88 bits per heavy atom. The molecule has 0 saturated carbocycles. The summed E-state index contributed by atoms with van der Waals surface area (Å²) >= 11 is 0. The van der Waals surface area contributed by atoms with E-state index in [0.717, 1.165) is 6.42 Å². The van der Waals surface area contributed by atoms with Crippen LogP contribution in [0.5, 0.6) is 0 Å². The molecule has 0 bridgehead atoms. The molecule has 17 heavy (non-hydrogen) atoms. The number of hydrogen-bond acceptors (Lipinski definition) is 2. The third-order valence-electron chi connectivity index (χ3n) is 2.47. The van der Waals surface area contributed by atoms with Crippen LogP contribution in [-0.4, -0.2) is 41.1 Å². The lowest BCUT2D eigenvalue weighted by molar-refractivity contribution is -0.139. The van der Waals surface area contributed by atoms with Crippen molar-refractivity contribution in [2.45, 2.75) is 46.6 Å². The largest absolute Gasteiger partial charge is 0.480 e. The van der Waals surface area contributed by atoms with Gasteiger partial charge in [0.05, 0.1) is 0 Å². The van der Waals surface area contributed by atoms with Crippen LogP contribution >= 0.6 is 0 Å². The Morgan fingerprint density at radius 1 is 1.29 bits per heavy atom. The summed E-state index contributed by atoms with van der Waals surface area (Å²) in [5.74, 6) is -0.739. The molecule has 0 saturated heterocycles. The average Bonchev–Trinajstić information content (AvgIpc) is 2.23. The number of carboxylic acids is 1. The van der Waals surface area contributed by atoms with Crippen LogP contribution in [0.15, 0.2) is 0 Å². The van der Waals surface area contributed by atoms with Crippen LogP contribution < -0.4 is 5.32 Å². The molecule has 1 unspecified atom stereocenters. The lowest BCUT2D eigenvalue weighted by Crippen LogP contribution is -2.48. The van der Waals surface area contributed by atoms with Crippen LogP contribution in [0.25, 0.3) is 0 Å². The molecule has 5 heteroatoms. The molecule has 0 heterocycles. The molecule has 0 radical (unpaired) electrons. The van der Waals surface area contributed by atoms with Gasteiger partial charge in [-0.25, -0.2) is 9.59 Å². The van der Waals surface area contributed by atoms with Crippen molar-refractivity contribution < 1.29 is 14.7 Å². The first-order valence-corrected chi connectivity index (χ1v) is 6.20. The van der Waals surface area contributed by atoms with Gasteiger partial charge in [-0.2, -0.15) is 0 Å². The van der Waals surface area contributed by atoms with E-state index in [4.69, 9.17) is 5.11 Å². The summed E-state index contributed by atoms with van der Waals surface area (Å²) in [6, 6.07) is -1.09. The monoisotopic (exact) mass is 244 g/mol. The fourth-order valence-electron chi connectivity index (χ4n) is 1.61. The van der Waals surface area contributed by atoms with Crippen molar-refractivity contribution in [3.63, 3.8) is 0 Å². The Balaban J connectivity index is 4.42. The van der Waals surface area contributed by atoms with Crippen LogP contribution in [0.4, 0.5) is 4.79 Å². The summed E-state index contributed by atoms with van der Waals surface area (Å²) in [7, 11) is 0. The predicted octanol–water partition coefficient (Wildman–Crippen LogP) is 1.93. The number of carbonyl (C=O) groups excluding carboxylic acids is 1. The molecule has 0 aromatic heterocycles. The Morgan fingerprint density at radius 3 is 2.24 bits per heavy atom. The number of amides is 2. The van der Waals surface area contributed by atoms with E-state index in [1.165, 1.54) is 0 Å². The summed E-state index contributed by atoms with van der Waals surface area (Å²) in [6.45, 7) is 8.98. The zero-order valence-electron chi connectivity index (χ0n) is 11.2. The molecule has 1 atom stereocenters. The molecule has 0 aromatic carbocycles. The predicted molar refractivity (Wildman–Crippen MR) is 66.9 cm³/mol. The highest BCUT2D eigenvalue weighted by Crippen LogP contribution is 2.05. The van der Waals surface area contributed by atoms with Crippen molar-refractivity contribution in [1.82, 2.24) is 10.2 Å². The maximum Gasteiger partial charge on any atom is 0.326 e. The maximum absolute atomic E-state index is 11.8. The summed E-state index contributed by atoms with van der Waals surface area (Å²) in [4.78, 5) is 24.4. The van der Waals surface area contributed by atoms with Gasteiger partial charge in [-0.3, -0.25) is 0 Å². The van der Waals surface area contributed by atoms with Crippen molar-refractivity contribution in [3.8, 4) is 0 Å². The van der Waals surface area contributed by atoms with E-state index in [-0.39, 0.29) is 11.9 Å². The minimum Gasteiger partial charge on any atom is -0.480 e. The van der Waals surface area contributed by atoms with Crippen molar-refractivity contribution in [2.24, 2.45) is 5.92 Å². The Bertz CT molecular complexity index is 254. The van der Waals surface area contributed by atoms with Gasteiger partial charge in [0, 0.05) is 13.1 Å². The molecule has 2 amide bonds. The molecule has 0 aromatic rings. The summed E-state index contributed by atoms with van der Waals surface area (Å²) < 4.78 is 0. The molecule has 0 aliphatic rings.